The van der Waals surface area contributed by atoms with Gasteiger partial charge in [-0.15, -0.1) is 11.6 Å². The first-order valence-electron chi connectivity index (χ1n) is 4.98. The van der Waals surface area contributed by atoms with Crippen LogP contribution in [0.4, 0.5) is 0 Å². The van der Waals surface area contributed by atoms with E-state index in [2.05, 4.69) is 25.7 Å². The van der Waals surface area contributed by atoms with Gasteiger partial charge in [-0.3, -0.25) is 4.90 Å². The zero-order valence-corrected chi connectivity index (χ0v) is 9.14. The molecule has 2 heteroatoms. The number of nitrogens with zero attached hydrogens (tertiary/aromatic N) is 1. The fourth-order valence-electron chi connectivity index (χ4n) is 1.94. The summed E-state index contributed by atoms with van der Waals surface area (Å²) in [6.45, 7) is 8.13. The third kappa shape index (κ3) is 2.14. The van der Waals surface area contributed by atoms with Crippen LogP contribution in [0.25, 0.3) is 0 Å². The Morgan fingerprint density at radius 1 is 1.42 bits per heavy atom. The Bertz CT molecular complexity index is 136. The van der Waals surface area contributed by atoms with Gasteiger partial charge in [-0.2, -0.15) is 0 Å². The van der Waals surface area contributed by atoms with E-state index < -0.39 is 0 Å². The van der Waals surface area contributed by atoms with Crippen molar-refractivity contribution in [1.29, 1.82) is 0 Å². The summed E-state index contributed by atoms with van der Waals surface area (Å²) >= 11 is 5.91. The molecule has 1 aliphatic rings. The van der Waals surface area contributed by atoms with Crippen molar-refractivity contribution < 1.29 is 0 Å². The summed E-state index contributed by atoms with van der Waals surface area (Å²) in [7, 11) is 0. The van der Waals surface area contributed by atoms with E-state index in [1.807, 2.05) is 0 Å². The minimum atomic E-state index is 0.643. The molecule has 0 saturated carbocycles. The molecule has 2 atom stereocenters. The van der Waals surface area contributed by atoms with Crippen molar-refractivity contribution in [3.05, 3.63) is 0 Å². The van der Waals surface area contributed by atoms with E-state index >= 15 is 0 Å². The molecule has 0 amide bonds. The number of likely N-dealkylation sites (tertiary alicyclic amines) is 1. The minimum absolute atomic E-state index is 0.643. The molecule has 0 aromatic carbocycles. The Hall–Kier alpha value is 0.250. The van der Waals surface area contributed by atoms with Gasteiger partial charge < -0.3 is 0 Å². The summed E-state index contributed by atoms with van der Waals surface area (Å²) in [5, 5.41) is 0. The second kappa shape index (κ2) is 4.48. The van der Waals surface area contributed by atoms with Crippen molar-refractivity contribution in [1.82, 2.24) is 4.90 Å². The zero-order valence-electron chi connectivity index (χ0n) is 8.39. The van der Waals surface area contributed by atoms with Gasteiger partial charge in [0.15, 0.2) is 0 Å². The average Bonchev–Trinajstić information content (AvgIpc) is 2.49. The summed E-state index contributed by atoms with van der Waals surface area (Å²) in [4.78, 5) is 2.57. The van der Waals surface area contributed by atoms with Gasteiger partial charge in [-0.25, -0.2) is 0 Å². The minimum Gasteiger partial charge on any atom is -0.296 e. The molecule has 1 nitrogen and oxygen atoms in total. The lowest BCUT2D eigenvalue weighted by Gasteiger charge is -2.32. The van der Waals surface area contributed by atoms with Crippen LogP contribution in [-0.2, 0) is 0 Å². The van der Waals surface area contributed by atoms with Crippen LogP contribution in [0.15, 0.2) is 0 Å². The van der Waals surface area contributed by atoms with Gasteiger partial charge in [0.1, 0.15) is 0 Å². The van der Waals surface area contributed by atoms with Crippen LogP contribution in [0.3, 0.4) is 0 Å². The highest BCUT2D eigenvalue weighted by atomic mass is 35.5. The van der Waals surface area contributed by atoms with E-state index in [1.54, 1.807) is 0 Å². The van der Waals surface area contributed by atoms with Gasteiger partial charge >= 0.3 is 0 Å². The number of alkyl halides is 1. The molecule has 0 spiro atoms. The van der Waals surface area contributed by atoms with Crippen LogP contribution in [0, 0.1) is 5.92 Å². The molecule has 1 rings (SSSR count). The average molecular weight is 190 g/mol. The highest BCUT2D eigenvalue weighted by Gasteiger charge is 2.28. The van der Waals surface area contributed by atoms with Crippen molar-refractivity contribution in [2.45, 2.75) is 45.7 Å². The summed E-state index contributed by atoms with van der Waals surface area (Å²) < 4.78 is 0. The van der Waals surface area contributed by atoms with E-state index in [1.165, 1.54) is 19.4 Å². The van der Waals surface area contributed by atoms with Crippen LogP contribution >= 0.6 is 11.6 Å². The maximum absolute atomic E-state index is 5.91. The predicted octanol–water partition coefficient (Wildman–Crippen LogP) is 2.73. The summed E-state index contributed by atoms with van der Waals surface area (Å²) in [5.41, 5.74) is 0. The summed E-state index contributed by atoms with van der Waals surface area (Å²) in [6.07, 6.45) is 2.62. The van der Waals surface area contributed by atoms with Gasteiger partial charge in [-0.1, -0.05) is 13.8 Å². The highest BCUT2D eigenvalue weighted by molar-refractivity contribution is 6.18. The molecule has 0 aromatic rings. The monoisotopic (exact) mass is 189 g/mol. The zero-order chi connectivity index (χ0) is 9.14. The van der Waals surface area contributed by atoms with Crippen LogP contribution in [-0.4, -0.2) is 29.4 Å². The van der Waals surface area contributed by atoms with Crippen LogP contribution in [0.5, 0.6) is 0 Å². The second-order valence-electron chi connectivity index (χ2n) is 4.17. The standard InChI is InChI=1S/C10H20ClN/c1-8(2)9(3)12-6-4-5-10(12)7-11/h8-10H,4-7H2,1-3H3. The molecule has 72 valence electrons. The Morgan fingerprint density at radius 3 is 2.58 bits per heavy atom. The van der Waals surface area contributed by atoms with Crippen molar-refractivity contribution in [3.8, 4) is 0 Å². The van der Waals surface area contributed by atoms with Crippen molar-refractivity contribution in [2.75, 3.05) is 12.4 Å². The Morgan fingerprint density at radius 2 is 2.08 bits per heavy atom. The summed E-state index contributed by atoms with van der Waals surface area (Å²) in [5.74, 6) is 1.55. The Labute approximate surface area is 81.1 Å². The third-order valence-corrected chi connectivity index (χ3v) is 3.44. The molecule has 1 fully saturated rings. The van der Waals surface area contributed by atoms with E-state index in [0.29, 0.717) is 12.1 Å². The number of rotatable bonds is 3. The fraction of sp³-hybridized carbons (Fsp3) is 1.00. The van der Waals surface area contributed by atoms with Crippen molar-refractivity contribution >= 4 is 11.6 Å². The summed E-state index contributed by atoms with van der Waals surface area (Å²) in [6, 6.07) is 1.33. The SMILES string of the molecule is CC(C)C(C)N1CCCC1CCl. The lowest BCUT2D eigenvalue weighted by atomic mass is 10.0. The largest absolute Gasteiger partial charge is 0.296 e. The third-order valence-electron chi connectivity index (χ3n) is 3.09. The first-order chi connectivity index (χ1) is 5.66. The number of hydrogen-bond donors (Lipinski definition) is 0. The predicted molar refractivity (Wildman–Crippen MR) is 54.7 cm³/mol. The van der Waals surface area contributed by atoms with Gasteiger partial charge in [0.25, 0.3) is 0 Å². The van der Waals surface area contributed by atoms with Crippen LogP contribution in [0.1, 0.15) is 33.6 Å². The van der Waals surface area contributed by atoms with Crippen LogP contribution in [0.2, 0.25) is 0 Å². The molecule has 1 saturated heterocycles. The first-order valence-corrected chi connectivity index (χ1v) is 5.52. The maximum Gasteiger partial charge on any atom is 0.0379 e. The molecular formula is C10H20ClN. The number of hydrogen-bond acceptors (Lipinski definition) is 1. The van der Waals surface area contributed by atoms with E-state index in [9.17, 15) is 0 Å². The molecule has 0 bridgehead atoms. The van der Waals surface area contributed by atoms with Gasteiger partial charge in [0, 0.05) is 18.0 Å². The second-order valence-corrected chi connectivity index (χ2v) is 4.48. The molecule has 1 heterocycles. The molecule has 0 N–H and O–H groups in total. The van der Waals surface area contributed by atoms with Gasteiger partial charge in [0.2, 0.25) is 0 Å². The van der Waals surface area contributed by atoms with E-state index in [0.717, 1.165) is 11.8 Å². The highest BCUT2D eigenvalue weighted by Crippen LogP contribution is 2.23. The lowest BCUT2D eigenvalue weighted by molar-refractivity contribution is 0.164. The topological polar surface area (TPSA) is 3.24 Å². The Kier molecular flexibility index (Phi) is 3.85. The Balaban J connectivity index is 2.49. The van der Waals surface area contributed by atoms with Crippen molar-refractivity contribution in [2.24, 2.45) is 5.92 Å². The lowest BCUT2D eigenvalue weighted by Crippen LogP contribution is -2.41. The smallest absolute Gasteiger partial charge is 0.0379 e. The van der Waals surface area contributed by atoms with E-state index in [4.69, 9.17) is 11.6 Å². The molecule has 12 heavy (non-hydrogen) atoms. The normalized spacial score (nSPS) is 28.2. The van der Waals surface area contributed by atoms with Crippen molar-refractivity contribution in [3.63, 3.8) is 0 Å². The molecule has 1 aliphatic heterocycles. The molecule has 0 radical (unpaired) electrons. The van der Waals surface area contributed by atoms with Crippen LogP contribution < -0.4 is 0 Å². The fourth-order valence-corrected chi connectivity index (χ4v) is 2.27. The molecule has 2 unspecified atom stereocenters. The molecule has 0 aliphatic carbocycles. The quantitative estimate of drug-likeness (QED) is 0.618. The van der Waals surface area contributed by atoms with Gasteiger partial charge in [0.05, 0.1) is 0 Å². The molecule has 0 aromatic heterocycles. The van der Waals surface area contributed by atoms with E-state index in [-0.39, 0.29) is 0 Å². The van der Waals surface area contributed by atoms with Gasteiger partial charge in [-0.05, 0) is 32.2 Å². The number of halogens is 1. The molecular weight excluding hydrogens is 170 g/mol. The first kappa shape index (κ1) is 10.3. The maximum atomic E-state index is 5.91.